The molecule has 0 aliphatic carbocycles. The van der Waals surface area contributed by atoms with Gasteiger partial charge in [0.25, 0.3) is 5.91 Å². The first kappa shape index (κ1) is 16.5. The minimum atomic E-state index is -1.05. The SMILES string of the molecule is C[C@H](Oc1ccc(Cl)cc1Cl)C(=O)Nc1ccc(F)c(F)c1. The molecule has 0 aromatic heterocycles. The Bertz CT molecular complexity index is 710. The normalized spacial score (nSPS) is 11.9. The maximum atomic E-state index is 13.1. The molecule has 0 fully saturated rings. The number of hydrogen-bond donors (Lipinski definition) is 1. The summed E-state index contributed by atoms with van der Waals surface area (Å²) in [6.07, 6.45) is -0.896. The van der Waals surface area contributed by atoms with Gasteiger partial charge in [-0.2, -0.15) is 0 Å². The van der Waals surface area contributed by atoms with Crippen LogP contribution in [0.15, 0.2) is 36.4 Å². The number of carbonyl (C=O) groups excluding carboxylic acids is 1. The number of benzene rings is 2. The second kappa shape index (κ2) is 6.94. The van der Waals surface area contributed by atoms with E-state index < -0.39 is 23.6 Å². The second-order valence-corrected chi connectivity index (χ2v) is 5.30. The van der Waals surface area contributed by atoms with Crippen LogP contribution in [0.5, 0.6) is 5.75 Å². The van der Waals surface area contributed by atoms with E-state index in [1.807, 2.05) is 0 Å². The largest absolute Gasteiger partial charge is 0.479 e. The van der Waals surface area contributed by atoms with Crippen molar-refractivity contribution in [2.24, 2.45) is 0 Å². The van der Waals surface area contributed by atoms with Crippen molar-refractivity contribution < 1.29 is 18.3 Å². The van der Waals surface area contributed by atoms with Crippen molar-refractivity contribution in [3.05, 3.63) is 58.1 Å². The lowest BCUT2D eigenvalue weighted by Gasteiger charge is -2.15. The number of hydrogen-bond acceptors (Lipinski definition) is 2. The maximum Gasteiger partial charge on any atom is 0.265 e. The third kappa shape index (κ3) is 4.08. The molecule has 22 heavy (non-hydrogen) atoms. The maximum absolute atomic E-state index is 13.1. The van der Waals surface area contributed by atoms with E-state index >= 15 is 0 Å². The van der Waals surface area contributed by atoms with Gasteiger partial charge in [0.1, 0.15) is 5.75 Å². The Balaban J connectivity index is 2.04. The zero-order valence-corrected chi connectivity index (χ0v) is 12.9. The van der Waals surface area contributed by atoms with E-state index in [9.17, 15) is 13.6 Å². The average Bonchev–Trinajstić information content (AvgIpc) is 2.45. The molecular weight excluding hydrogens is 335 g/mol. The van der Waals surface area contributed by atoms with E-state index in [0.717, 1.165) is 12.1 Å². The molecule has 0 saturated carbocycles. The summed E-state index contributed by atoms with van der Waals surface area (Å²) in [4.78, 5) is 12.0. The highest BCUT2D eigenvalue weighted by atomic mass is 35.5. The lowest BCUT2D eigenvalue weighted by molar-refractivity contribution is -0.122. The third-order valence-corrected chi connectivity index (χ3v) is 3.28. The predicted octanol–water partition coefficient (Wildman–Crippen LogP) is 4.68. The summed E-state index contributed by atoms with van der Waals surface area (Å²) < 4.78 is 31.3. The highest BCUT2D eigenvalue weighted by Crippen LogP contribution is 2.28. The van der Waals surface area contributed by atoms with Gasteiger partial charge in [0.2, 0.25) is 0 Å². The Morgan fingerprint density at radius 2 is 1.86 bits per heavy atom. The van der Waals surface area contributed by atoms with Crippen molar-refractivity contribution in [1.29, 1.82) is 0 Å². The number of rotatable bonds is 4. The van der Waals surface area contributed by atoms with E-state index in [2.05, 4.69) is 5.32 Å². The van der Waals surface area contributed by atoms with Gasteiger partial charge in [-0.1, -0.05) is 23.2 Å². The molecule has 0 saturated heterocycles. The van der Waals surface area contributed by atoms with Crippen LogP contribution in [0.1, 0.15) is 6.92 Å². The molecule has 2 aromatic rings. The van der Waals surface area contributed by atoms with E-state index in [4.69, 9.17) is 27.9 Å². The molecule has 1 N–H and O–H groups in total. The highest BCUT2D eigenvalue weighted by Gasteiger charge is 2.17. The van der Waals surface area contributed by atoms with E-state index in [0.29, 0.717) is 10.8 Å². The van der Waals surface area contributed by atoms with Gasteiger partial charge in [-0.05, 0) is 37.3 Å². The fourth-order valence-corrected chi connectivity index (χ4v) is 2.09. The molecule has 2 rings (SSSR count). The fourth-order valence-electron chi connectivity index (χ4n) is 1.63. The minimum Gasteiger partial charge on any atom is -0.479 e. The number of ether oxygens (including phenoxy) is 1. The zero-order valence-electron chi connectivity index (χ0n) is 11.4. The van der Waals surface area contributed by atoms with Crippen LogP contribution in [-0.2, 0) is 4.79 Å². The van der Waals surface area contributed by atoms with Gasteiger partial charge in [0.15, 0.2) is 17.7 Å². The number of halogens is 4. The Kier molecular flexibility index (Phi) is 5.21. The van der Waals surface area contributed by atoms with Crippen molar-refractivity contribution in [2.45, 2.75) is 13.0 Å². The first-order chi connectivity index (χ1) is 10.4. The topological polar surface area (TPSA) is 38.3 Å². The molecule has 1 amide bonds. The molecule has 3 nitrogen and oxygen atoms in total. The highest BCUT2D eigenvalue weighted by molar-refractivity contribution is 6.35. The van der Waals surface area contributed by atoms with Crippen LogP contribution in [0.2, 0.25) is 10.0 Å². The van der Waals surface area contributed by atoms with Gasteiger partial charge < -0.3 is 10.1 Å². The monoisotopic (exact) mass is 345 g/mol. The minimum absolute atomic E-state index is 0.126. The molecule has 116 valence electrons. The van der Waals surface area contributed by atoms with Gasteiger partial charge in [-0.3, -0.25) is 4.79 Å². The Hall–Kier alpha value is -1.85. The predicted molar refractivity (Wildman–Crippen MR) is 81.5 cm³/mol. The summed E-state index contributed by atoms with van der Waals surface area (Å²) in [5, 5.41) is 3.13. The zero-order chi connectivity index (χ0) is 16.3. The molecule has 0 bridgehead atoms. The number of amides is 1. The van der Waals surface area contributed by atoms with Crippen LogP contribution in [0.3, 0.4) is 0 Å². The van der Waals surface area contributed by atoms with Crippen LogP contribution in [0.25, 0.3) is 0 Å². The van der Waals surface area contributed by atoms with Crippen LogP contribution < -0.4 is 10.1 Å². The summed E-state index contributed by atoms with van der Waals surface area (Å²) in [6.45, 7) is 1.50. The fraction of sp³-hybridized carbons (Fsp3) is 0.133. The Morgan fingerprint density at radius 1 is 1.14 bits per heavy atom. The van der Waals surface area contributed by atoms with Gasteiger partial charge >= 0.3 is 0 Å². The summed E-state index contributed by atoms with van der Waals surface area (Å²) >= 11 is 11.7. The molecule has 0 aliphatic rings. The number of anilines is 1. The van der Waals surface area contributed by atoms with Crippen molar-refractivity contribution in [3.8, 4) is 5.75 Å². The molecule has 0 unspecified atom stereocenters. The third-order valence-electron chi connectivity index (χ3n) is 2.75. The summed E-state index contributed by atoms with van der Waals surface area (Å²) in [5.74, 6) is -2.28. The number of carbonyl (C=O) groups is 1. The molecule has 1 atom stereocenters. The summed E-state index contributed by atoms with van der Waals surface area (Å²) in [6, 6.07) is 7.65. The second-order valence-electron chi connectivity index (χ2n) is 4.45. The van der Waals surface area contributed by atoms with Gasteiger partial charge in [0, 0.05) is 16.8 Å². The molecule has 0 heterocycles. The smallest absolute Gasteiger partial charge is 0.265 e. The van der Waals surface area contributed by atoms with E-state index in [-0.39, 0.29) is 10.7 Å². The first-order valence-electron chi connectivity index (χ1n) is 6.24. The quantitative estimate of drug-likeness (QED) is 0.873. The van der Waals surface area contributed by atoms with Crippen LogP contribution in [0, 0.1) is 11.6 Å². The van der Waals surface area contributed by atoms with Gasteiger partial charge in [-0.25, -0.2) is 8.78 Å². The van der Waals surface area contributed by atoms with Crippen molar-refractivity contribution in [1.82, 2.24) is 0 Å². The van der Waals surface area contributed by atoms with Crippen molar-refractivity contribution in [3.63, 3.8) is 0 Å². The molecular formula is C15H11Cl2F2NO2. The molecule has 7 heteroatoms. The Labute approximate surface area is 135 Å². The average molecular weight is 346 g/mol. The molecule has 0 aliphatic heterocycles. The summed E-state index contributed by atoms with van der Waals surface area (Å²) in [5.41, 5.74) is 0.126. The first-order valence-corrected chi connectivity index (χ1v) is 7.00. The summed E-state index contributed by atoms with van der Waals surface area (Å²) in [7, 11) is 0. The van der Waals surface area contributed by atoms with Crippen molar-refractivity contribution >= 4 is 34.8 Å². The van der Waals surface area contributed by atoms with Crippen LogP contribution >= 0.6 is 23.2 Å². The van der Waals surface area contributed by atoms with E-state index in [1.54, 1.807) is 6.07 Å². The van der Waals surface area contributed by atoms with Crippen LogP contribution in [0.4, 0.5) is 14.5 Å². The standard InChI is InChI=1S/C15H11Cl2F2NO2/c1-8(22-14-5-2-9(16)6-11(14)17)15(21)20-10-3-4-12(18)13(19)7-10/h2-8H,1H3,(H,20,21)/t8-/m0/s1. The lowest BCUT2D eigenvalue weighted by atomic mass is 10.2. The van der Waals surface area contributed by atoms with Gasteiger partial charge in [-0.15, -0.1) is 0 Å². The van der Waals surface area contributed by atoms with Crippen LogP contribution in [-0.4, -0.2) is 12.0 Å². The Morgan fingerprint density at radius 3 is 2.50 bits per heavy atom. The lowest BCUT2D eigenvalue weighted by Crippen LogP contribution is -2.30. The van der Waals surface area contributed by atoms with Crippen molar-refractivity contribution in [2.75, 3.05) is 5.32 Å². The molecule has 0 spiro atoms. The number of nitrogens with one attached hydrogen (secondary N) is 1. The molecule has 2 aromatic carbocycles. The van der Waals surface area contributed by atoms with Gasteiger partial charge in [0.05, 0.1) is 5.02 Å². The van der Waals surface area contributed by atoms with E-state index in [1.165, 1.54) is 25.1 Å². The molecule has 0 radical (unpaired) electrons.